The van der Waals surface area contributed by atoms with E-state index >= 15 is 0 Å². The lowest BCUT2D eigenvalue weighted by Gasteiger charge is -2.15. The lowest BCUT2D eigenvalue weighted by molar-refractivity contribution is 0.0940. The molecule has 0 saturated carbocycles. The molecule has 0 aliphatic carbocycles. The van der Waals surface area contributed by atoms with Crippen molar-refractivity contribution < 1.29 is 9.18 Å². The molecule has 1 amide bonds. The van der Waals surface area contributed by atoms with Gasteiger partial charge in [0.05, 0.1) is 11.3 Å². The van der Waals surface area contributed by atoms with E-state index in [2.05, 4.69) is 10.6 Å². The fourth-order valence-corrected chi connectivity index (χ4v) is 2.23. The highest BCUT2D eigenvalue weighted by Gasteiger charge is 2.15. The van der Waals surface area contributed by atoms with Crippen LogP contribution in [0.3, 0.4) is 0 Å². The third-order valence-electron chi connectivity index (χ3n) is 2.64. The van der Waals surface area contributed by atoms with Gasteiger partial charge in [0.1, 0.15) is 5.82 Å². The standard InChI is InChI=1S/C13H19FN2OS/c1-9(7-8-18-3)16-13(17)10-5-4-6-11(14)12(10)15-2/h4-6,9,15H,7-8H2,1-3H3,(H,16,17). The van der Waals surface area contributed by atoms with E-state index in [1.165, 1.54) is 12.1 Å². The van der Waals surface area contributed by atoms with Gasteiger partial charge in [-0.3, -0.25) is 4.79 Å². The number of anilines is 1. The van der Waals surface area contributed by atoms with Crippen LogP contribution in [-0.4, -0.2) is 31.0 Å². The van der Waals surface area contributed by atoms with Gasteiger partial charge in [-0.1, -0.05) is 6.07 Å². The molecule has 5 heteroatoms. The highest BCUT2D eigenvalue weighted by Crippen LogP contribution is 2.19. The molecule has 3 nitrogen and oxygen atoms in total. The minimum atomic E-state index is -0.415. The molecule has 1 unspecified atom stereocenters. The summed E-state index contributed by atoms with van der Waals surface area (Å²) >= 11 is 1.74. The Bertz CT molecular complexity index is 412. The van der Waals surface area contributed by atoms with Crippen molar-refractivity contribution in [2.45, 2.75) is 19.4 Å². The van der Waals surface area contributed by atoms with E-state index in [0.29, 0.717) is 5.56 Å². The minimum absolute atomic E-state index is 0.0814. The number of nitrogens with one attached hydrogen (secondary N) is 2. The number of para-hydroxylation sites is 1. The Morgan fingerprint density at radius 3 is 2.83 bits per heavy atom. The molecule has 18 heavy (non-hydrogen) atoms. The Morgan fingerprint density at radius 1 is 1.50 bits per heavy atom. The predicted octanol–water partition coefficient (Wildman–Crippen LogP) is 2.74. The molecular weight excluding hydrogens is 251 g/mol. The molecule has 0 bridgehead atoms. The summed E-state index contributed by atoms with van der Waals surface area (Å²) in [5, 5.41) is 5.60. The van der Waals surface area contributed by atoms with Gasteiger partial charge in [-0.25, -0.2) is 4.39 Å². The first-order valence-electron chi connectivity index (χ1n) is 5.86. The molecule has 2 N–H and O–H groups in total. The number of hydrogen-bond acceptors (Lipinski definition) is 3. The molecule has 0 heterocycles. The summed E-state index contributed by atoms with van der Waals surface area (Å²) in [5.74, 6) is 0.332. The summed E-state index contributed by atoms with van der Waals surface area (Å²) in [6.07, 6.45) is 2.93. The maximum absolute atomic E-state index is 13.5. The smallest absolute Gasteiger partial charge is 0.253 e. The summed E-state index contributed by atoms with van der Waals surface area (Å²) in [6, 6.07) is 4.57. The quantitative estimate of drug-likeness (QED) is 0.835. The van der Waals surface area contributed by atoms with Crippen LogP contribution in [0.1, 0.15) is 23.7 Å². The molecule has 1 aromatic rings. The molecule has 0 fully saturated rings. The molecule has 0 aliphatic rings. The molecule has 0 aromatic heterocycles. The molecule has 0 radical (unpaired) electrons. The first-order valence-corrected chi connectivity index (χ1v) is 7.25. The highest BCUT2D eigenvalue weighted by atomic mass is 32.2. The van der Waals surface area contributed by atoms with Gasteiger partial charge in [-0.15, -0.1) is 0 Å². The molecule has 1 atom stereocenters. The van der Waals surface area contributed by atoms with Crippen molar-refractivity contribution in [1.29, 1.82) is 0 Å². The Morgan fingerprint density at radius 2 is 2.22 bits per heavy atom. The fraction of sp³-hybridized carbons (Fsp3) is 0.462. The number of halogens is 1. The lowest BCUT2D eigenvalue weighted by atomic mass is 10.1. The second kappa shape index (κ2) is 7.26. The number of carbonyl (C=O) groups is 1. The van der Waals surface area contributed by atoms with Crippen LogP contribution in [0.25, 0.3) is 0 Å². The number of amides is 1. The van der Waals surface area contributed by atoms with Crippen LogP contribution < -0.4 is 10.6 Å². The topological polar surface area (TPSA) is 41.1 Å². The van der Waals surface area contributed by atoms with Gasteiger partial charge in [0, 0.05) is 13.1 Å². The van der Waals surface area contributed by atoms with Crippen LogP contribution in [-0.2, 0) is 0 Å². The van der Waals surface area contributed by atoms with Gasteiger partial charge in [0.15, 0.2) is 0 Å². The van der Waals surface area contributed by atoms with E-state index in [-0.39, 0.29) is 17.6 Å². The van der Waals surface area contributed by atoms with Crippen molar-refractivity contribution in [2.24, 2.45) is 0 Å². The summed E-state index contributed by atoms with van der Waals surface area (Å²) in [6.45, 7) is 1.95. The van der Waals surface area contributed by atoms with Gasteiger partial charge in [0.2, 0.25) is 0 Å². The van der Waals surface area contributed by atoms with Crippen molar-refractivity contribution in [3.63, 3.8) is 0 Å². The highest BCUT2D eigenvalue weighted by molar-refractivity contribution is 7.98. The van der Waals surface area contributed by atoms with Crippen molar-refractivity contribution in [3.8, 4) is 0 Å². The van der Waals surface area contributed by atoms with Crippen LogP contribution in [0.5, 0.6) is 0 Å². The summed E-state index contributed by atoms with van der Waals surface area (Å²) < 4.78 is 13.5. The molecule has 0 aliphatic heterocycles. The van der Waals surface area contributed by atoms with Gasteiger partial charge < -0.3 is 10.6 Å². The molecular formula is C13H19FN2OS. The van der Waals surface area contributed by atoms with Crippen molar-refractivity contribution in [3.05, 3.63) is 29.6 Å². The molecule has 1 aromatic carbocycles. The van der Waals surface area contributed by atoms with Crippen LogP contribution >= 0.6 is 11.8 Å². The third-order valence-corrected chi connectivity index (χ3v) is 3.28. The molecule has 0 spiro atoms. The Kier molecular flexibility index (Phi) is 5.98. The van der Waals surface area contributed by atoms with Crippen LogP contribution in [0, 0.1) is 5.82 Å². The van der Waals surface area contributed by atoms with E-state index < -0.39 is 5.82 Å². The normalized spacial score (nSPS) is 12.0. The van der Waals surface area contributed by atoms with Crippen LogP contribution in [0.4, 0.5) is 10.1 Å². The van der Waals surface area contributed by atoms with E-state index in [9.17, 15) is 9.18 Å². The van der Waals surface area contributed by atoms with Gasteiger partial charge >= 0.3 is 0 Å². The molecule has 1 rings (SSSR count). The van der Waals surface area contributed by atoms with E-state index in [1.807, 2.05) is 13.2 Å². The second-order valence-corrected chi connectivity index (χ2v) is 5.05. The van der Waals surface area contributed by atoms with E-state index in [1.54, 1.807) is 24.9 Å². The first kappa shape index (κ1) is 14.8. The fourth-order valence-electron chi connectivity index (χ4n) is 1.64. The number of carbonyl (C=O) groups excluding carboxylic acids is 1. The SMILES string of the molecule is CNc1c(F)cccc1C(=O)NC(C)CCSC. The Balaban J connectivity index is 2.75. The largest absolute Gasteiger partial charge is 0.385 e. The Labute approximate surface area is 112 Å². The molecule has 100 valence electrons. The number of benzene rings is 1. The van der Waals surface area contributed by atoms with E-state index in [0.717, 1.165) is 12.2 Å². The summed E-state index contributed by atoms with van der Waals surface area (Å²) in [5.41, 5.74) is 0.584. The number of rotatable bonds is 6. The monoisotopic (exact) mass is 270 g/mol. The zero-order valence-corrected chi connectivity index (χ0v) is 11.7. The zero-order chi connectivity index (χ0) is 13.5. The number of thioether (sulfide) groups is 1. The van der Waals surface area contributed by atoms with E-state index in [4.69, 9.17) is 0 Å². The van der Waals surface area contributed by atoms with Crippen molar-refractivity contribution in [2.75, 3.05) is 24.4 Å². The third kappa shape index (κ3) is 3.91. The maximum atomic E-state index is 13.5. The minimum Gasteiger partial charge on any atom is -0.385 e. The van der Waals surface area contributed by atoms with Gasteiger partial charge in [-0.05, 0) is 37.5 Å². The number of hydrogen-bond donors (Lipinski definition) is 2. The van der Waals surface area contributed by atoms with Crippen LogP contribution in [0.15, 0.2) is 18.2 Å². The van der Waals surface area contributed by atoms with Gasteiger partial charge in [0.25, 0.3) is 5.91 Å². The summed E-state index contributed by atoms with van der Waals surface area (Å²) in [4.78, 5) is 12.0. The Hall–Kier alpha value is -1.23. The first-order chi connectivity index (χ1) is 8.60. The zero-order valence-electron chi connectivity index (χ0n) is 10.9. The molecule has 0 saturated heterocycles. The lowest BCUT2D eigenvalue weighted by Crippen LogP contribution is -2.33. The average Bonchev–Trinajstić information content (AvgIpc) is 2.35. The van der Waals surface area contributed by atoms with Crippen molar-refractivity contribution in [1.82, 2.24) is 5.32 Å². The second-order valence-electron chi connectivity index (χ2n) is 4.07. The predicted molar refractivity (Wildman–Crippen MR) is 75.9 cm³/mol. The van der Waals surface area contributed by atoms with Crippen molar-refractivity contribution >= 4 is 23.4 Å². The maximum Gasteiger partial charge on any atom is 0.253 e. The van der Waals surface area contributed by atoms with Crippen LogP contribution in [0.2, 0.25) is 0 Å². The van der Waals surface area contributed by atoms with Gasteiger partial charge in [-0.2, -0.15) is 11.8 Å². The average molecular weight is 270 g/mol. The summed E-state index contributed by atoms with van der Waals surface area (Å²) in [7, 11) is 1.60.